The van der Waals surface area contributed by atoms with Crippen molar-refractivity contribution in [3.05, 3.63) is 42.2 Å². The lowest BCUT2D eigenvalue weighted by Crippen LogP contribution is -2.53. The van der Waals surface area contributed by atoms with E-state index in [1.165, 1.54) is 12.1 Å². The Morgan fingerprint density at radius 3 is 2.20 bits per heavy atom. The standard InChI is InChI=1S/C17H21FNO/c1-4-17(20)19(5-2,6-3)16-10-8-13-11-15(18)9-7-14(13)12-16/h7-12H,4-6H2,1-3H3/q+1. The Morgan fingerprint density at radius 1 is 1.00 bits per heavy atom. The van der Waals surface area contributed by atoms with Gasteiger partial charge in [-0.3, -0.25) is 0 Å². The van der Waals surface area contributed by atoms with Crippen molar-refractivity contribution in [2.45, 2.75) is 27.2 Å². The molecule has 0 fully saturated rings. The van der Waals surface area contributed by atoms with Crippen LogP contribution in [0.3, 0.4) is 0 Å². The van der Waals surface area contributed by atoms with Crippen LogP contribution in [-0.2, 0) is 4.79 Å². The van der Waals surface area contributed by atoms with E-state index in [0.717, 1.165) is 29.5 Å². The number of halogens is 1. The summed E-state index contributed by atoms with van der Waals surface area (Å²) in [5.74, 6) is -0.0157. The van der Waals surface area contributed by atoms with Gasteiger partial charge in [-0.2, -0.15) is 0 Å². The molecule has 2 aromatic carbocycles. The lowest BCUT2D eigenvalue weighted by Gasteiger charge is -2.33. The van der Waals surface area contributed by atoms with Crippen LogP contribution >= 0.6 is 0 Å². The Balaban J connectivity index is 2.60. The van der Waals surface area contributed by atoms with Crippen LogP contribution in [0.15, 0.2) is 36.4 Å². The monoisotopic (exact) mass is 274 g/mol. The predicted molar refractivity (Wildman–Crippen MR) is 82.1 cm³/mol. The average molecular weight is 274 g/mol. The van der Waals surface area contributed by atoms with E-state index in [4.69, 9.17) is 0 Å². The zero-order valence-corrected chi connectivity index (χ0v) is 12.3. The van der Waals surface area contributed by atoms with E-state index in [9.17, 15) is 9.18 Å². The summed E-state index contributed by atoms with van der Waals surface area (Å²) in [7, 11) is 0. The maximum atomic E-state index is 13.2. The first-order chi connectivity index (χ1) is 9.57. The molecular formula is C17H21FNO+. The fourth-order valence-electron chi connectivity index (χ4n) is 2.86. The topological polar surface area (TPSA) is 17.1 Å². The first kappa shape index (κ1) is 14.7. The lowest BCUT2D eigenvalue weighted by molar-refractivity contribution is -0.129. The van der Waals surface area contributed by atoms with E-state index in [-0.39, 0.29) is 11.7 Å². The van der Waals surface area contributed by atoms with Gasteiger partial charge in [-0.15, -0.1) is 0 Å². The van der Waals surface area contributed by atoms with E-state index in [0.29, 0.717) is 10.9 Å². The summed E-state index contributed by atoms with van der Waals surface area (Å²) in [6.45, 7) is 7.43. The van der Waals surface area contributed by atoms with Gasteiger partial charge in [-0.05, 0) is 42.8 Å². The third kappa shape index (κ3) is 2.34. The van der Waals surface area contributed by atoms with Crippen molar-refractivity contribution in [3.8, 4) is 0 Å². The van der Waals surface area contributed by atoms with Gasteiger partial charge in [-0.25, -0.2) is 13.7 Å². The number of rotatable bonds is 4. The molecule has 0 aliphatic heterocycles. The fraction of sp³-hybridized carbons (Fsp3) is 0.353. The molecule has 106 valence electrons. The number of quaternary nitrogens is 1. The van der Waals surface area contributed by atoms with Crippen molar-refractivity contribution in [2.75, 3.05) is 13.1 Å². The van der Waals surface area contributed by atoms with Gasteiger partial charge < -0.3 is 0 Å². The summed E-state index contributed by atoms with van der Waals surface area (Å²) in [6.07, 6.45) is 0.517. The van der Waals surface area contributed by atoms with Gasteiger partial charge in [0.05, 0.1) is 19.5 Å². The number of hydrogen-bond acceptors (Lipinski definition) is 1. The lowest BCUT2D eigenvalue weighted by atomic mass is 10.1. The van der Waals surface area contributed by atoms with Crippen molar-refractivity contribution in [1.82, 2.24) is 4.48 Å². The van der Waals surface area contributed by atoms with Crippen LogP contribution in [0.25, 0.3) is 10.8 Å². The first-order valence-electron chi connectivity index (χ1n) is 7.17. The largest absolute Gasteiger partial charge is 0.318 e. The van der Waals surface area contributed by atoms with Crippen LogP contribution in [0.5, 0.6) is 0 Å². The van der Waals surface area contributed by atoms with Crippen LogP contribution in [-0.4, -0.2) is 19.0 Å². The van der Waals surface area contributed by atoms with Crippen molar-refractivity contribution in [2.24, 2.45) is 0 Å². The summed E-state index contributed by atoms with van der Waals surface area (Å²) < 4.78 is 13.6. The number of hydrogen-bond donors (Lipinski definition) is 0. The highest BCUT2D eigenvalue weighted by Crippen LogP contribution is 2.29. The fourth-order valence-corrected chi connectivity index (χ4v) is 2.86. The Bertz CT molecular complexity index is 632. The maximum Gasteiger partial charge on any atom is 0.318 e. The molecule has 0 N–H and O–H groups in total. The average Bonchev–Trinajstić information content (AvgIpc) is 2.48. The van der Waals surface area contributed by atoms with Gasteiger partial charge in [0.1, 0.15) is 11.5 Å². The number of fused-ring (bicyclic) bond motifs is 1. The van der Waals surface area contributed by atoms with Gasteiger partial charge in [0.2, 0.25) is 0 Å². The Morgan fingerprint density at radius 2 is 1.60 bits per heavy atom. The molecule has 0 radical (unpaired) electrons. The first-order valence-corrected chi connectivity index (χ1v) is 7.17. The van der Waals surface area contributed by atoms with Crippen LogP contribution in [0.1, 0.15) is 27.2 Å². The summed E-state index contributed by atoms with van der Waals surface area (Å²) in [6, 6.07) is 10.6. The number of carbonyl (C=O) groups is 1. The number of amides is 1. The minimum Gasteiger partial charge on any atom is -0.230 e. The predicted octanol–water partition coefficient (Wildman–Crippen LogP) is 4.26. The molecule has 20 heavy (non-hydrogen) atoms. The molecule has 2 nitrogen and oxygen atoms in total. The molecule has 2 aromatic rings. The van der Waals surface area contributed by atoms with Crippen LogP contribution < -0.4 is 4.48 Å². The van der Waals surface area contributed by atoms with Crippen molar-refractivity contribution in [3.63, 3.8) is 0 Å². The molecule has 0 saturated carbocycles. The molecule has 2 rings (SSSR count). The molecule has 0 unspecified atom stereocenters. The third-order valence-electron chi connectivity index (χ3n) is 4.14. The van der Waals surface area contributed by atoms with E-state index in [1.54, 1.807) is 6.07 Å². The van der Waals surface area contributed by atoms with Crippen LogP contribution in [0.2, 0.25) is 0 Å². The second-order valence-corrected chi connectivity index (χ2v) is 5.02. The van der Waals surface area contributed by atoms with E-state index < -0.39 is 0 Å². The highest BCUT2D eigenvalue weighted by atomic mass is 19.1. The molecular weight excluding hydrogens is 253 g/mol. The minimum atomic E-state index is -0.235. The Kier molecular flexibility index (Phi) is 4.19. The molecule has 1 amide bonds. The maximum absolute atomic E-state index is 13.2. The van der Waals surface area contributed by atoms with Crippen LogP contribution in [0.4, 0.5) is 10.1 Å². The zero-order valence-electron chi connectivity index (χ0n) is 12.3. The van der Waals surface area contributed by atoms with Crippen molar-refractivity contribution < 1.29 is 9.18 Å². The summed E-state index contributed by atoms with van der Waals surface area (Å²) in [5.41, 5.74) is 0.987. The molecule has 0 aliphatic carbocycles. The van der Waals surface area contributed by atoms with E-state index in [2.05, 4.69) is 0 Å². The normalized spacial score (nSPS) is 11.8. The van der Waals surface area contributed by atoms with Crippen LogP contribution in [0, 0.1) is 5.82 Å². The molecule has 0 heterocycles. The summed E-state index contributed by atoms with van der Waals surface area (Å²) in [4.78, 5) is 12.4. The quantitative estimate of drug-likeness (QED) is 0.761. The Labute approximate surface area is 119 Å². The van der Waals surface area contributed by atoms with E-state index >= 15 is 0 Å². The second kappa shape index (κ2) is 5.71. The molecule has 0 saturated heterocycles. The minimum absolute atomic E-state index is 0.219. The van der Waals surface area contributed by atoms with Gasteiger partial charge >= 0.3 is 5.91 Å². The van der Waals surface area contributed by atoms with Crippen molar-refractivity contribution >= 4 is 22.4 Å². The second-order valence-electron chi connectivity index (χ2n) is 5.02. The molecule has 0 aliphatic rings. The van der Waals surface area contributed by atoms with E-state index in [1.807, 2.05) is 39.0 Å². The summed E-state index contributed by atoms with van der Waals surface area (Å²) >= 11 is 0. The molecule has 0 atom stereocenters. The van der Waals surface area contributed by atoms with Crippen molar-refractivity contribution in [1.29, 1.82) is 0 Å². The highest BCUT2D eigenvalue weighted by molar-refractivity contribution is 5.92. The zero-order chi connectivity index (χ0) is 14.8. The molecule has 3 heteroatoms. The smallest absolute Gasteiger partial charge is 0.230 e. The molecule has 0 aromatic heterocycles. The number of nitrogens with zero attached hydrogens (tertiary/aromatic N) is 1. The number of carbonyl (C=O) groups excluding carboxylic acids is 1. The third-order valence-corrected chi connectivity index (χ3v) is 4.14. The van der Waals surface area contributed by atoms with Gasteiger partial charge in [-0.1, -0.05) is 13.0 Å². The summed E-state index contributed by atoms with van der Waals surface area (Å²) in [5, 5.41) is 1.83. The van der Waals surface area contributed by atoms with Gasteiger partial charge in [0, 0.05) is 12.1 Å². The number of benzene rings is 2. The molecule has 0 spiro atoms. The Hall–Kier alpha value is -1.74. The molecule has 0 bridgehead atoms. The van der Waals surface area contributed by atoms with Gasteiger partial charge in [0.25, 0.3) is 0 Å². The highest BCUT2D eigenvalue weighted by Gasteiger charge is 2.34. The van der Waals surface area contributed by atoms with Gasteiger partial charge in [0.15, 0.2) is 0 Å². The SMILES string of the molecule is CCC(=O)[N+](CC)(CC)c1ccc2cc(F)ccc2c1.